The van der Waals surface area contributed by atoms with E-state index >= 15 is 0 Å². The van der Waals surface area contributed by atoms with E-state index in [9.17, 15) is 19.2 Å². The maximum Gasteiger partial charge on any atom is 0.315 e. The van der Waals surface area contributed by atoms with Crippen molar-refractivity contribution in [2.45, 2.75) is 58.8 Å². The number of carbonyl (C=O) groups is 4. The lowest BCUT2D eigenvalue weighted by molar-refractivity contribution is -0.140. The smallest absolute Gasteiger partial charge is 0.315 e. The van der Waals surface area contributed by atoms with Gasteiger partial charge in [0.15, 0.2) is 0 Å². The summed E-state index contributed by atoms with van der Waals surface area (Å²) in [5, 5.41) is 15.9. The van der Waals surface area contributed by atoms with Crippen LogP contribution in [0.4, 0.5) is 4.79 Å². The second-order valence-electron chi connectivity index (χ2n) is 9.67. The molecule has 2 aromatic carbocycles. The SMILES string of the molecule is CCC(NC(=O)C(CC(C)C)NC(=O)NCc1ccccc1)C(=O)C(=O)NCc1ccc2cnn(C)c2c1. The van der Waals surface area contributed by atoms with Crippen LogP contribution in [-0.4, -0.2) is 45.5 Å². The van der Waals surface area contributed by atoms with Gasteiger partial charge in [-0.15, -0.1) is 0 Å². The molecule has 0 aliphatic carbocycles. The van der Waals surface area contributed by atoms with Crippen molar-refractivity contribution in [1.29, 1.82) is 0 Å². The Kier molecular flexibility index (Phi) is 9.98. The zero-order chi connectivity index (χ0) is 27.7. The summed E-state index contributed by atoms with van der Waals surface area (Å²) in [7, 11) is 1.83. The van der Waals surface area contributed by atoms with Gasteiger partial charge in [0.05, 0.1) is 17.8 Å². The number of amides is 4. The van der Waals surface area contributed by atoms with Crippen LogP contribution in [0.25, 0.3) is 10.9 Å². The van der Waals surface area contributed by atoms with Crippen LogP contribution in [0.2, 0.25) is 0 Å². The zero-order valence-electron chi connectivity index (χ0n) is 22.3. The van der Waals surface area contributed by atoms with Crippen molar-refractivity contribution >= 4 is 34.5 Å². The van der Waals surface area contributed by atoms with Crippen molar-refractivity contribution < 1.29 is 19.2 Å². The van der Waals surface area contributed by atoms with E-state index in [2.05, 4.69) is 26.4 Å². The normalized spacial score (nSPS) is 12.6. The van der Waals surface area contributed by atoms with Gasteiger partial charge in [0.2, 0.25) is 11.7 Å². The van der Waals surface area contributed by atoms with Crippen LogP contribution in [0.1, 0.15) is 44.7 Å². The first-order chi connectivity index (χ1) is 18.2. The first kappa shape index (κ1) is 28.4. The molecule has 0 bridgehead atoms. The van der Waals surface area contributed by atoms with E-state index in [0.717, 1.165) is 22.0 Å². The highest BCUT2D eigenvalue weighted by Gasteiger charge is 2.29. The van der Waals surface area contributed by atoms with Gasteiger partial charge in [-0.05, 0) is 36.0 Å². The van der Waals surface area contributed by atoms with Gasteiger partial charge in [-0.25, -0.2) is 4.79 Å². The predicted molar refractivity (Wildman–Crippen MR) is 145 cm³/mol. The Balaban J connectivity index is 1.56. The number of hydrogen-bond acceptors (Lipinski definition) is 5. The van der Waals surface area contributed by atoms with E-state index in [1.807, 2.05) is 69.4 Å². The third-order valence-electron chi connectivity index (χ3n) is 6.16. The Labute approximate surface area is 222 Å². The van der Waals surface area contributed by atoms with Gasteiger partial charge in [-0.1, -0.05) is 63.2 Å². The predicted octanol–water partition coefficient (Wildman–Crippen LogP) is 2.57. The van der Waals surface area contributed by atoms with Crippen molar-refractivity contribution in [1.82, 2.24) is 31.0 Å². The molecule has 1 aromatic heterocycles. The Morgan fingerprint density at radius 3 is 2.29 bits per heavy atom. The summed E-state index contributed by atoms with van der Waals surface area (Å²) < 4.78 is 1.73. The molecule has 202 valence electrons. The topological polar surface area (TPSA) is 134 Å². The molecule has 0 aliphatic heterocycles. The average Bonchev–Trinajstić information content (AvgIpc) is 3.28. The van der Waals surface area contributed by atoms with Crippen molar-refractivity contribution in [3.63, 3.8) is 0 Å². The van der Waals surface area contributed by atoms with Crippen LogP contribution in [0, 0.1) is 5.92 Å². The van der Waals surface area contributed by atoms with E-state index in [0.29, 0.717) is 13.0 Å². The number of nitrogens with zero attached hydrogens (tertiary/aromatic N) is 2. The molecule has 10 heteroatoms. The molecule has 4 N–H and O–H groups in total. The lowest BCUT2D eigenvalue weighted by atomic mass is 10.0. The second-order valence-corrected chi connectivity index (χ2v) is 9.67. The molecule has 0 radical (unpaired) electrons. The molecule has 0 saturated carbocycles. The van der Waals surface area contributed by atoms with E-state index in [4.69, 9.17) is 0 Å². The minimum Gasteiger partial charge on any atom is -0.345 e. The minimum absolute atomic E-state index is 0.107. The first-order valence-corrected chi connectivity index (χ1v) is 12.8. The number of ketones is 1. The van der Waals surface area contributed by atoms with Crippen molar-refractivity contribution in [3.05, 3.63) is 65.9 Å². The van der Waals surface area contributed by atoms with Gasteiger partial charge >= 0.3 is 6.03 Å². The maximum absolute atomic E-state index is 13.0. The molecule has 0 saturated heterocycles. The molecule has 0 fully saturated rings. The summed E-state index contributed by atoms with van der Waals surface area (Å²) in [4.78, 5) is 51.0. The average molecular weight is 521 g/mol. The zero-order valence-corrected chi connectivity index (χ0v) is 22.3. The molecule has 3 rings (SSSR count). The Hall–Kier alpha value is -4.21. The van der Waals surface area contributed by atoms with Gasteiger partial charge in [0.25, 0.3) is 5.91 Å². The number of hydrogen-bond donors (Lipinski definition) is 4. The van der Waals surface area contributed by atoms with Gasteiger partial charge in [-0.3, -0.25) is 19.1 Å². The molecular weight excluding hydrogens is 484 g/mol. The van der Waals surface area contributed by atoms with Crippen LogP contribution in [-0.2, 0) is 34.5 Å². The van der Waals surface area contributed by atoms with Crippen LogP contribution in [0.3, 0.4) is 0 Å². The van der Waals surface area contributed by atoms with Gasteiger partial charge in [0.1, 0.15) is 6.04 Å². The third-order valence-corrected chi connectivity index (χ3v) is 6.16. The number of urea groups is 1. The van der Waals surface area contributed by atoms with E-state index in [-0.39, 0.29) is 18.9 Å². The summed E-state index contributed by atoms with van der Waals surface area (Å²) in [5.41, 5.74) is 2.66. The van der Waals surface area contributed by atoms with Crippen molar-refractivity contribution in [3.8, 4) is 0 Å². The fourth-order valence-corrected chi connectivity index (χ4v) is 4.04. The van der Waals surface area contributed by atoms with E-state index in [1.165, 1.54) is 0 Å². The number of carbonyl (C=O) groups excluding carboxylic acids is 4. The minimum atomic E-state index is -1.01. The third kappa shape index (κ3) is 7.89. The number of Topliss-reactive ketones (excluding diaryl/α,β-unsaturated/α-hetero) is 1. The Morgan fingerprint density at radius 1 is 0.895 bits per heavy atom. The molecule has 0 aliphatic rings. The summed E-state index contributed by atoms with van der Waals surface area (Å²) in [6.07, 6.45) is 2.36. The molecular formula is C28H36N6O4. The number of aromatic nitrogens is 2. The number of nitrogens with one attached hydrogen (secondary N) is 4. The highest BCUT2D eigenvalue weighted by atomic mass is 16.2. The number of rotatable bonds is 12. The first-order valence-electron chi connectivity index (χ1n) is 12.8. The van der Waals surface area contributed by atoms with Crippen molar-refractivity contribution in [2.75, 3.05) is 0 Å². The number of aryl methyl sites for hydroxylation is 1. The Bertz CT molecular complexity index is 1270. The van der Waals surface area contributed by atoms with Gasteiger partial charge in [0, 0.05) is 25.5 Å². The second kappa shape index (κ2) is 13.4. The van der Waals surface area contributed by atoms with Gasteiger partial charge < -0.3 is 21.3 Å². The monoisotopic (exact) mass is 520 g/mol. The van der Waals surface area contributed by atoms with E-state index in [1.54, 1.807) is 17.8 Å². The molecule has 0 spiro atoms. The highest BCUT2D eigenvalue weighted by molar-refractivity contribution is 6.38. The molecule has 10 nitrogen and oxygen atoms in total. The fraction of sp³-hybridized carbons (Fsp3) is 0.393. The largest absolute Gasteiger partial charge is 0.345 e. The van der Waals surface area contributed by atoms with Crippen LogP contribution >= 0.6 is 0 Å². The fourth-order valence-electron chi connectivity index (χ4n) is 4.04. The standard InChI is InChI=1S/C28H36N6O4/c1-5-22(25(35)27(37)29-16-20-11-12-21-17-31-34(4)24(21)14-20)32-26(36)23(13-18(2)3)33-28(38)30-15-19-9-7-6-8-10-19/h6-12,14,17-18,22-23H,5,13,15-16H2,1-4H3,(H,29,37)(H,32,36)(H2,30,33,38). The lowest BCUT2D eigenvalue weighted by Crippen LogP contribution is -2.55. The molecule has 1 heterocycles. The summed E-state index contributed by atoms with van der Waals surface area (Å²) in [6, 6.07) is 12.7. The van der Waals surface area contributed by atoms with Crippen LogP contribution < -0.4 is 21.3 Å². The quantitative estimate of drug-likeness (QED) is 0.272. The summed E-state index contributed by atoms with van der Waals surface area (Å²) in [5.74, 6) is -1.92. The molecule has 38 heavy (non-hydrogen) atoms. The van der Waals surface area contributed by atoms with Crippen molar-refractivity contribution in [2.24, 2.45) is 13.0 Å². The maximum atomic E-state index is 13.0. The molecule has 2 atom stereocenters. The molecule has 2 unspecified atom stereocenters. The Morgan fingerprint density at radius 2 is 1.61 bits per heavy atom. The molecule has 4 amide bonds. The molecule has 3 aromatic rings. The lowest BCUT2D eigenvalue weighted by Gasteiger charge is -2.23. The highest BCUT2D eigenvalue weighted by Crippen LogP contribution is 2.15. The van der Waals surface area contributed by atoms with E-state index < -0.39 is 35.7 Å². The summed E-state index contributed by atoms with van der Waals surface area (Å²) >= 11 is 0. The van der Waals surface area contributed by atoms with Gasteiger partial charge in [-0.2, -0.15) is 5.10 Å². The van der Waals surface area contributed by atoms with Crippen LogP contribution in [0.5, 0.6) is 0 Å². The van der Waals surface area contributed by atoms with Crippen LogP contribution in [0.15, 0.2) is 54.7 Å². The summed E-state index contributed by atoms with van der Waals surface area (Å²) in [6.45, 7) is 6.05. The number of benzene rings is 2. The number of fused-ring (bicyclic) bond motifs is 1.